The molecule has 0 fully saturated rings. The molecule has 0 aliphatic heterocycles. The highest BCUT2D eigenvalue weighted by molar-refractivity contribution is 6.01. The van der Waals surface area contributed by atoms with Crippen LogP contribution < -0.4 is 21.4 Å². The maximum Gasteiger partial charge on any atom is 0.276 e. The third kappa shape index (κ3) is 5.54. The minimum atomic E-state index is -0.644. The lowest BCUT2D eigenvalue weighted by Crippen LogP contribution is -2.27. The van der Waals surface area contributed by atoms with Crippen LogP contribution in [-0.4, -0.2) is 57.5 Å². The maximum absolute atomic E-state index is 12.2. The number of carbonyl (C=O) groups excluding carboxylic acids is 2. The van der Waals surface area contributed by atoms with Gasteiger partial charge in [0.1, 0.15) is 11.5 Å². The van der Waals surface area contributed by atoms with Gasteiger partial charge in [0.25, 0.3) is 5.91 Å². The number of benzene rings is 2. The van der Waals surface area contributed by atoms with Gasteiger partial charge in [0, 0.05) is 17.6 Å². The second-order valence-electron chi connectivity index (χ2n) is 8.19. The van der Waals surface area contributed by atoms with Gasteiger partial charge in [-0.25, -0.2) is 5.48 Å². The molecule has 0 atom stereocenters. The predicted molar refractivity (Wildman–Crippen MR) is 135 cm³/mol. The number of aromatic nitrogens is 3. The lowest BCUT2D eigenvalue weighted by Gasteiger charge is -2.15. The molecule has 0 spiro atoms. The van der Waals surface area contributed by atoms with Crippen molar-refractivity contribution in [2.24, 2.45) is 0 Å². The zero-order valence-corrected chi connectivity index (χ0v) is 19.5. The smallest absolute Gasteiger partial charge is 0.276 e. The topological polar surface area (TPSA) is 147 Å². The number of nitrogens with zero attached hydrogens (tertiary/aromatic N) is 3. The van der Waals surface area contributed by atoms with Crippen molar-refractivity contribution in [1.29, 1.82) is 0 Å². The van der Waals surface area contributed by atoms with E-state index in [2.05, 4.69) is 30.9 Å². The van der Waals surface area contributed by atoms with Crippen molar-refractivity contribution in [3.63, 3.8) is 0 Å². The Kier molecular flexibility index (Phi) is 6.90. The van der Waals surface area contributed by atoms with Gasteiger partial charge in [-0.2, -0.15) is 9.97 Å². The molecule has 0 unspecified atom stereocenters. The number of rotatable bonds is 8. The van der Waals surface area contributed by atoms with Crippen LogP contribution in [0.3, 0.4) is 0 Å². The van der Waals surface area contributed by atoms with Gasteiger partial charge >= 0.3 is 0 Å². The molecule has 2 aromatic heterocycles. The van der Waals surface area contributed by atoms with Crippen molar-refractivity contribution in [3.05, 3.63) is 65.9 Å². The molecule has 0 aliphatic carbocycles. The van der Waals surface area contributed by atoms with Crippen molar-refractivity contribution in [1.82, 2.24) is 25.3 Å². The van der Waals surface area contributed by atoms with Crippen LogP contribution in [0.5, 0.6) is 0 Å². The van der Waals surface area contributed by atoms with Crippen LogP contribution >= 0.6 is 0 Å². The predicted octanol–water partition coefficient (Wildman–Crippen LogP) is 3.37. The largest absolute Gasteiger partial charge is 0.346 e. The number of anilines is 5. The first-order valence-corrected chi connectivity index (χ1v) is 10.8. The number of hydroxylamine groups is 1. The molecule has 35 heavy (non-hydrogen) atoms. The number of aryl methyl sites for hydroxylation is 1. The summed E-state index contributed by atoms with van der Waals surface area (Å²) in [7, 11) is 3.66. The van der Waals surface area contributed by atoms with Crippen LogP contribution in [0, 0.1) is 6.92 Å². The Morgan fingerprint density at radius 3 is 2.60 bits per heavy atom. The third-order valence-electron chi connectivity index (χ3n) is 5.17. The Hall–Kier alpha value is -4.48. The summed E-state index contributed by atoms with van der Waals surface area (Å²) in [5.41, 5.74) is 5.27. The molecule has 2 heterocycles. The van der Waals surface area contributed by atoms with E-state index in [-0.39, 0.29) is 18.0 Å². The summed E-state index contributed by atoms with van der Waals surface area (Å²) in [4.78, 5) is 38.3. The van der Waals surface area contributed by atoms with Gasteiger partial charge in [0.05, 0.1) is 23.2 Å². The fourth-order valence-corrected chi connectivity index (χ4v) is 3.51. The summed E-state index contributed by atoms with van der Waals surface area (Å²) in [5.74, 6) is 0.0111. The monoisotopic (exact) mass is 474 g/mol. The van der Waals surface area contributed by atoms with Crippen molar-refractivity contribution in [2.45, 2.75) is 6.92 Å². The maximum atomic E-state index is 12.2. The van der Waals surface area contributed by atoms with Crippen LogP contribution in [0.1, 0.15) is 15.9 Å². The molecule has 0 saturated heterocycles. The van der Waals surface area contributed by atoms with Crippen molar-refractivity contribution < 1.29 is 14.8 Å². The van der Waals surface area contributed by atoms with Gasteiger partial charge < -0.3 is 25.8 Å². The number of hydrogen-bond donors (Lipinski definition) is 6. The Balaban J connectivity index is 1.65. The van der Waals surface area contributed by atoms with Crippen molar-refractivity contribution >= 4 is 51.7 Å². The van der Waals surface area contributed by atoms with E-state index in [0.29, 0.717) is 28.8 Å². The molecule has 11 heteroatoms. The highest BCUT2D eigenvalue weighted by Crippen LogP contribution is 2.29. The van der Waals surface area contributed by atoms with Crippen LogP contribution in [0.2, 0.25) is 0 Å². The Morgan fingerprint density at radius 2 is 1.83 bits per heavy atom. The number of carbonyl (C=O) groups is 2. The van der Waals surface area contributed by atoms with Crippen LogP contribution in [0.4, 0.5) is 28.8 Å². The Morgan fingerprint density at radius 1 is 1.03 bits per heavy atom. The number of H-pyrrole nitrogens is 1. The molecule has 0 saturated carbocycles. The number of likely N-dealkylation sites (N-methyl/N-ethyl adjacent to an activating group) is 1. The molecule has 11 nitrogen and oxygen atoms in total. The quantitative estimate of drug-likeness (QED) is 0.168. The molecular formula is C24H26N8O3. The summed E-state index contributed by atoms with van der Waals surface area (Å²) in [5, 5.41) is 19.1. The van der Waals surface area contributed by atoms with Gasteiger partial charge in [-0.1, -0.05) is 18.2 Å². The third-order valence-corrected chi connectivity index (χ3v) is 5.17. The average Bonchev–Trinajstić information content (AvgIpc) is 3.29. The van der Waals surface area contributed by atoms with E-state index < -0.39 is 5.91 Å². The van der Waals surface area contributed by atoms with Crippen LogP contribution in [0.25, 0.3) is 11.0 Å². The number of para-hydroxylation sites is 1. The van der Waals surface area contributed by atoms with Gasteiger partial charge in [-0.05, 0) is 56.9 Å². The second kappa shape index (κ2) is 10.2. The second-order valence-corrected chi connectivity index (χ2v) is 8.19. The lowest BCUT2D eigenvalue weighted by molar-refractivity contribution is -0.116. The highest BCUT2D eigenvalue weighted by atomic mass is 16.5. The number of hydrogen-bond acceptors (Lipinski definition) is 8. The normalized spacial score (nSPS) is 10.9. The van der Waals surface area contributed by atoms with Crippen LogP contribution in [0.15, 0.2) is 54.7 Å². The van der Waals surface area contributed by atoms with E-state index in [1.807, 2.05) is 45.3 Å². The van der Waals surface area contributed by atoms with E-state index in [1.165, 1.54) is 0 Å². The highest BCUT2D eigenvalue weighted by Gasteiger charge is 2.15. The zero-order valence-electron chi connectivity index (χ0n) is 19.5. The average molecular weight is 475 g/mol. The standard InChI is InChI=1S/C24H26N8O3/c1-14-8-9-15(26-20(33)13-32(2)3)12-19(14)28-24-29-21-17(10-11-25-21)22(30-24)27-18-7-5-4-6-16(18)23(34)31-35/h4-12,35H,13H2,1-3H3,(H,26,33)(H,31,34)(H3,25,27,28,29,30). The molecular weight excluding hydrogens is 448 g/mol. The van der Waals surface area contributed by atoms with E-state index in [0.717, 1.165) is 16.6 Å². The fourth-order valence-electron chi connectivity index (χ4n) is 3.51. The van der Waals surface area contributed by atoms with Crippen molar-refractivity contribution in [2.75, 3.05) is 36.6 Å². The number of aromatic amines is 1. The minimum absolute atomic E-state index is 0.120. The van der Waals surface area contributed by atoms with E-state index >= 15 is 0 Å². The molecule has 4 rings (SSSR count). The van der Waals surface area contributed by atoms with Gasteiger partial charge in [-0.15, -0.1) is 0 Å². The Labute approximate surface area is 201 Å². The summed E-state index contributed by atoms with van der Waals surface area (Å²) in [6.07, 6.45) is 1.74. The molecule has 4 aromatic rings. The summed E-state index contributed by atoms with van der Waals surface area (Å²) >= 11 is 0. The SMILES string of the molecule is Cc1ccc(NC(=O)CN(C)C)cc1Nc1nc(Nc2ccccc2C(=O)NO)c2cc[nH]c2n1. The summed E-state index contributed by atoms with van der Waals surface area (Å²) in [6.45, 7) is 2.21. The summed E-state index contributed by atoms with van der Waals surface area (Å²) < 4.78 is 0. The Bertz CT molecular complexity index is 1380. The molecule has 0 aliphatic rings. The van der Waals surface area contributed by atoms with Gasteiger partial charge in [-0.3, -0.25) is 14.8 Å². The lowest BCUT2D eigenvalue weighted by atomic mass is 10.1. The van der Waals surface area contributed by atoms with E-state index in [1.54, 1.807) is 40.8 Å². The number of nitrogens with one attached hydrogen (secondary N) is 5. The zero-order chi connectivity index (χ0) is 24.9. The van der Waals surface area contributed by atoms with Crippen LogP contribution in [-0.2, 0) is 4.79 Å². The first-order chi connectivity index (χ1) is 16.8. The van der Waals surface area contributed by atoms with Gasteiger partial charge in [0.2, 0.25) is 11.9 Å². The first-order valence-electron chi connectivity index (χ1n) is 10.8. The molecule has 2 amide bonds. The molecule has 2 aromatic carbocycles. The molecule has 6 N–H and O–H groups in total. The first kappa shape index (κ1) is 23.7. The summed E-state index contributed by atoms with van der Waals surface area (Å²) in [6, 6.07) is 14.1. The number of fused-ring (bicyclic) bond motifs is 1. The van der Waals surface area contributed by atoms with Crippen molar-refractivity contribution in [3.8, 4) is 0 Å². The van der Waals surface area contributed by atoms with E-state index in [9.17, 15) is 9.59 Å². The van der Waals surface area contributed by atoms with E-state index in [4.69, 9.17) is 5.21 Å². The fraction of sp³-hybridized carbons (Fsp3) is 0.167. The number of amides is 2. The van der Waals surface area contributed by atoms with Gasteiger partial charge in [0.15, 0.2) is 0 Å². The molecule has 180 valence electrons. The minimum Gasteiger partial charge on any atom is -0.346 e. The molecule has 0 radical (unpaired) electrons. The molecule has 0 bridgehead atoms.